The van der Waals surface area contributed by atoms with Crippen molar-refractivity contribution in [3.8, 4) is 5.75 Å². The first kappa shape index (κ1) is 26.1. The lowest BCUT2D eigenvalue weighted by atomic mass is 9.67. The molecule has 2 saturated heterocycles. The molecule has 3 fully saturated rings. The normalized spacial score (nSPS) is 24.1. The van der Waals surface area contributed by atoms with Crippen LogP contribution in [0.15, 0.2) is 24.3 Å². The fraction of sp³-hybridized carbons (Fsp3) is 0.571. The van der Waals surface area contributed by atoms with E-state index >= 15 is 0 Å². The Morgan fingerprint density at radius 1 is 1.18 bits per heavy atom. The highest BCUT2D eigenvalue weighted by Gasteiger charge is 2.52. The predicted molar refractivity (Wildman–Crippen MR) is 139 cm³/mol. The number of fused-ring (bicyclic) bond motifs is 1. The molecule has 1 unspecified atom stereocenters. The van der Waals surface area contributed by atoms with Gasteiger partial charge in [-0.05, 0) is 69.6 Å². The number of benzene rings is 1. The van der Waals surface area contributed by atoms with E-state index in [1.165, 1.54) is 7.11 Å². The second-order valence-corrected chi connectivity index (χ2v) is 11.7. The molecule has 1 aromatic heterocycles. The lowest BCUT2D eigenvalue weighted by molar-refractivity contribution is -0.146. The van der Waals surface area contributed by atoms with E-state index < -0.39 is 29.9 Å². The van der Waals surface area contributed by atoms with Gasteiger partial charge in [0.1, 0.15) is 23.5 Å². The second kappa shape index (κ2) is 9.63. The van der Waals surface area contributed by atoms with E-state index in [4.69, 9.17) is 9.47 Å². The number of likely N-dealkylation sites (tertiary alicyclic amines) is 1. The van der Waals surface area contributed by atoms with Gasteiger partial charge in [-0.1, -0.05) is 12.5 Å². The van der Waals surface area contributed by atoms with Crippen LogP contribution < -0.4 is 15.4 Å². The van der Waals surface area contributed by atoms with Crippen LogP contribution in [0.25, 0.3) is 10.9 Å². The zero-order valence-electron chi connectivity index (χ0n) is 22.4. The number of esters is 1. The van der Waals surface area contributed by atoms with Gasteiger partial charge in [0.2, 0.25) is 11.8 Å². The number of rotatable bonds is 7. The Bertz CT molecular complexity index is 1280. The molecule has 38 heavy (non-hydrogen) atoms. The van der Waals surface area contributed by atoms with Gasteiger partial charge in [0, 0.05) is 28.9 Å². The molecule has 3 N–H and O–H groups in total. The minimum atomic E-state index is -0.982. The average Bonchev–Trinajstić information content (AvgIpc) is 3.55. The Morgan fingerprint density at radius 3 is 2.55 bits per heavy atom. The summed E-state index contributed by atoms with van der Waals surface area (Å²) in [5.41, 5.74) is 0.695. The van der Waals surface area contributed by atoms with Gasteiger partial charge in [0.25, 0.3) is 5.91 Å². The van der Waals surface area contributed by atoms with Crippen LogP contribution in [0.3, 0.4) is 0 Å². The molecule has 1 aromatic carbocycles. The number of ether oxygens (including phenoxy) is 2. The maximum atomic E-state index is 13.8. The lowest BCUT2D eigenvalue weighted by Gasteiger charge is -2.37. The van der Waals surface area contributed by atoms with E-state index in [9.17, 15) is 19.2 Å². The maximum Gasteiger partial charge on any atom is 0.328 e. The van der Waals surface area contributed by atoms with Crippen LogP contribution in [0, 0.1) is 11.3 Å². The van der Waals surface area contributed by atoms with Crippen LogP contribution in [-0.2, 0) is 19.1 Å². The molecule has 204 valence electrons. The maximum absolute atomic E-state index is 13.8. The molecule has 10 nitrogen and oxygen atoms in total. The highest BCUT2D eigenvalue weighted by Crippen LogP contribution is 2.50. The Kier molecular flexibility index (Phi) is 6.61. The van der Waals surface area contributed by atoms with E-state index in [0.717, 1.165) is 30.2 Å². The first-order valence-electron chi connectivity index (χ1n) is 13.2. The lowest BCUT2D eigenvalue weighted by Crippen LogP contribution is -2.51. The summed E-state index contributed by atoms with van der Waals surface area (Å²) in [6.07, 6.45) is 4.21. The number of aromatic nitrogens is 1. The minimum Gasteiger partial charge on any atom is -0.496 e. The first-order chi connectivity index (χ1) is 18.0. The monoisotopic (exact) mass is 524 g/mol. The van der Waals surface area contributed by atoms with Gasteiger partial charge in [-0.15, -0.1) is 0 Å². The zero-order valence-corrected chi connectivity index (χ0v) is 22.4. The predicted octanol–water partition coefficient (Wildman–Crippen LogP) is 2.52. The Labute approximate surface area is 221 Å². The summed E-state index contributed by atoms with van der Waals surface area (Å²) >= 11 is 0. The molecule has 3 atom stereocenters. The number of nitrogens with zero attached hydrogens (tertiary/aromatic N) is 1. The number of methoxy groups -OCH3 is 2. The third-order valence-electron chi connectivity index (χ3n) is 8.47. The van der Waals surface area contributed by atoms with Crippen molar-refractivity contribution in [2.24, 2.45) is 11.3 Å². The van der Waals surface area contributed by atoms with Crippen molar-refractivity contribution in [1.29, 1.82) is 0 Å². The van der Waals surface area contributed by atoms with Crippen LogP contribution in [0.1, 0.15) is 62.9 Å². The van der Waals surface area contributed by atoms with Crippen molar-refractivity contribution in [2.45, 2.75) is 70.0 Å². The molecule has 1 saturated carbocycles. The number of amides is 3. The van der Waals surface area contributed by atoms with Gasteiger partial charge in [-0.25, -0.2) is 4.79 Å². The van der Waals surface area contributed by atoms with Crippen LogP contribution in [0.4, 0.5) is 0 Å². The second-order valence-electron chi connectivity index (χ2n) is 11.7. The molecule has 1 spiro atoms. The van der Waals surface area contributed by atoms with Crippen LogP contribution in [0.2, 0.25) is 0 Å². The highest BCUT2D eigenvalue weighted by molar-refractivity contribution is 6.02. The summed E-state index contributed by atoms with van der Waals surface area (Å²) < 4.78 is 10.4. The third kappa shape index (κ3) is 4.72. The van der Waals surface area contributed by atoms with E-state index in [0.29, 0.717) is 30.8 Å². The smallest absolute Gasteiger partial charge is 0.328 e. The van der Waals surface area contributed by atoms with E-state index in [2.05, 4.69) is 15.6 Å². The highest BCUT2D eigenvalue weighted by atomic mass is 16.5. The summed E-state index contributed by atoms with van der Waals surface area (Å²) in [5.74, 6) is -1.17. The van der Waals surface area contributed by atoms with Crippen molar-refractivity contribution in [3.63, 3.8) is 0 Å². The molecular weight excluding hydrogens is 488 g/mol. The van der Waals surface area contributed by atoms with Gasteiger partial charge in [-0.3, -0.25) is 14.4 Å². The van der Waals surface area contributed by atoms with Crippen LogP contribution >= 0.6 is 0 Å². The number of nitrogens with one attached hydrogen (secondary N) is 3. The van der Waals surface area contributed by atoms with E-state index in [1.54, 1.807) is 18.1 Å². The van der Waals surface area contributed by atoms with Gasteiger partial charge in [0.05, 0.1) is 14.2 Å². The van der Waals surface area contributed by atoms with E-state index in [1.807, 2.05) is 32.0 Å². The Morgan fingerprint density at radius 2 is 1.95 bits per heavy atom. The summed E-state index contributed by atoms with van der Waals surface area (Å²) in [6, 6.07) is 5.60. The standard InChI is InChI=1S/C28H36N4O6/c1-27(2)13-16(23(33)31-27)11-20(26(36)38-4)30-24(34)21-14-28(9-6-10-28)15-32(21)25(35)19-12-17-18(29-19)7-5-8-22(17)37-3/h5,7-8,12,16,20-21,29H,6,9-11,13-15H2,1-4H3,(H,30,34)(H,31,33)/t16-,20+,21?/m1/s1. The summed E-state index contributed by atoms with van der Waals surface area (Å²) in [4.78, 5) is 57.4. The summed E-state index contributed by atoms with van der Waals surface area (Å²) in [6.45, 7) is 4.34. The third-order valence-corrected chi connectivity index (χ3v) is 8.47. The number of hydrogen-bond acceptors (Lipinski definition) is 6. The molecule has 0 radical (unpaired) electrons. The van der Waals surface area contributed by atoms with Crippen molar-refractivity contribution in [1.82, 2.24) is 20.5 Å². The largest absolute Gasteiger partial charge is 0.496 e. The number of carbonyl (C=O) groups is 4. The number of hydrogen-bond donors (Lipinski definition) is 3. The molecule has 3 amide bonds. The van der Waals surface area contributed by atoms with E-state index in [-0.39, 0.29) is 29.2 Å². The van der Waals surface area contributed by atoms with Gasteiger partial charge in [0.15, 0.2) is 0 Å². The summed E-state index contributed by atoms with van der Waals surface area (Å²) in [5, 5.41) is 6.56. The van der Waals surface area contributed by atoms with Crippen LogP contribution in [-0.4, -0.2) is 72.0 Å². The molecule has 2 aliphatic heterocycles. The Hall–Kier alpha value is -3.56. The van der Waals surface area contributed by atoms with Crippen molar-refractivity contribution in [2.75, 3.05) is 20.8 Å². The Balaban J connectivity index is 1.37. The summed E-state index contributed by atoms with van der Waals surface area (Å²) in [7, 11) is 2.84. The zero-order chi connectivity index (χ0) is 27.2. The average molecular weight is 525 g/mol. The number of carbonyl (C=O) groups excluding carboxylic acids is 4. The molecule has 1 aliphatic carbocycles. The van der Waals surface area contributed by atoms with Crippen molar-refractivity contribution >= 4 is 34.6 Å². The molecule has 5 rings (SSSR count). The molecular formula is C28H36N4O6. The fourth-order valence-corrected chi connectivity index (χ4v) is 6.41. The van der Waals surface area contributed by atoms with Crippen molar-refractivity contribution < 1.29 is 28.7 Å². The van der Waals surface area contributed by atoms with Gasteiger partial charge in [-0.2, -0.15) is 0 Å². The van der Waals surface area contributed by atoms with Crippen molar-refractivity contribution in [3.05, 3.63) is 30.0 Å². The number of aromatic amines is 1. The van der Waals surface area contributed by atoms with Gasteiger partial charge >= 0.3 is 5.97 Å². The van der Waals surface area contributed by atoms with Crippen LogP contribution in [0.5, 0.6) is 5.75 Å². The molecule has 3 aliphatic rings. The van der Waals surface area contributed by atoms with Gasteiger partial charge < -0.3 is 30.0 Å². The SMILES string of the molecule is COC(=O)[C@H](C[C@@H]1CC(C)(C)NC1=O)NC(=O)C1CC2(CCC2)CN1C(=O)c1cc2c(OC)cccc2[nH]1. The first-order valence-corrected chi connectivity index (χ1v) is 13.2. The topological polar surface area (TPSA) is 130 Å². The number of H-pyrrole nitrogens is 1. The molecule has 2 aromatic rings. The molecule has 10 heteroatoms. The minimum absolute atomic E-state index is 0.0858. The quantitative estimate of drug-likeness (QED) is 0.478. The fourth-order valence-electron chi connectivity index (χ4n) is 6.41. The molecule has 3 heterocycles. The molecule has 0 bridgehead atoms.